The maximum atomic E-state index is 5.66. The average molecular weight is 312 g/mol. The summed E-state index contributed by atoms with van der Waals surface area (Å²) < 4.78 is 16.5. The predicted molar refractivity (Wildman–Crippen MR) is 70.7 cm³/mol. The molecule has 0 radical (unpaired) electrons. The van der Waals surface area contributed by atoms with Gasteiger partial charge >= 0.3 is 8.60 Å². The molecule has 3 nitrogen and oxygen atoms in total. The molecule has 98 valence electrons. The van der Waals surface area contributed by atoms with E-state index in [1.807, 2.05) is 20.8 Å². The van der Waals surface area contributed by atoms with Crippen molar-refractivity contribution >= 4 is 43.4 Å². The van der Waals surface area contributed by atoms with E-state index in [2.05, 4.69) is 0 Å². The summed E-state index contributed by atoms with van der Waals surface area (Å²) >= 11 is 17.0. The fourth-order valence-corrected chi connectivity index (χ4v) is 2.31. The van der Waals surface area contributed by atoms with Crippen LogP contribution in [-0.4, -0.2) is 36.0 Å². The minimum absolute atomic E-state index is 0.127. The molecule has 0 aromatic heterocycles. The Bertz CT molecular complexity index is 148. The first-order chi connectivity index (χ1) is 7.53. The highest BCUT2D eigenvalue weighted by atomic mass is 35.5. The van der Waals surface area contributed by atoms with E-state index in [0.717, 1.165) is 0 Å². The van der Waals surface area contributed by atoms with Crippen LogP contribution in [0.4, 0.5) is 0 Å². The van der Waals surface area contributed by atoms with Crippen molar-refractivity contribution in [2.24, 2.45) is 0 Å². The first-order valence-electron chi connectivity index (χ1n) is 5.01. The Morgan fingerprint density at radius 2 is 1.00 bits per heavy atom. The van der Waals surface area contributed by atoms with Gasteiger partial charge in [-0.05, 0) is 20.8 Å². The molecule has 0 aromatic rings. The molecule has 0 aliphatic heterocycles. The van der Waals surface area contributed by atoms with Crippen LogP contribution < -0.4 is 0 Å². The molecule has 16 heavy (non-hydrogen) atoms. The molecule has 0 amide bonds. The van der Waals surface area contributed by atoms with Gasteiger partial charge in [0, 0.05) is 17.6 Å². The largest absolute Gasteiger partial charge is 0.333 e. The molecule has 0 fully saturated rings. The molecular formula is C9H18Cl3O3P. The third kappa shape index (κ3) is 8.30. The number of hydrogen-bond donors (Lipinski definition) is 0. The van der Waals surface area contributed by atoms with Gasteiger partial charge < -0.3 is 13.6 Å². The van der Waals surface area contributed by atoms with Gasteiger partial charge in [-0.2, -0.15) is 0 Å². The first kappa shape index (κ1) is 17.2. The monoisotopic (exact) mass is 310 g/mol. The van der Waals surface area contributed by atoms with Gasteiger partial charge in [0.1, 0.15) is 0 Å². The van der Waals surface area contributed by atoms with E-state index in [4.69, 9.17) is 48.4 Å². The van der Waals surface area contributed by atoms with Gasteiger partial charge in [-0.1, -0.05) is 0 Å². The average Bonchev–Trinajstić information content (AvgIpc) is 2.28. The Morgan fingerprint density at radius 3 is 1.19 bits per heavy atom. The van der Waals surface area contributed by atoms with Crippen LogP contribution >= 0.6 is 43.4 Å². The van der Waals surface area contributed by atoms with Crippen molar-refractivity contribution in [1.29, 1.82) is 0 Å². The number of rotatable bonds is 9. The van der Waals surface area contributed by atoms with Crippen molar-refractivity contribution in [3.05, 3.63) is 0 Å². The minimum atomic E-state index is -1.45. The summed E-state index contributed by atoms with van der Waals surface area (Å²) in [6.07, 6.45) is -0.381. The summed E-state index contributed by atoms with van der Waals surface area (Å²) in [6, 6.07) is 0. The molecule has 0 spiro atoms. The van der Waals surface area contributed by atoms with Crippen LogP contribution in [-0.2, 0) is 13.6 Å². The number of alkyl halides is 3. The predicted octanol–water partition coefficient (Wildman–Crippen LogP) is 4.15. The standard InChI is InChI=1S/C9H18Cl3O3P/c1-7(4-10)13-16(14-8(2)5-11)15-9(3)6-12/h7-9H,4-6H2,1-3H3. The zero-order valence-corrected chi connectivity index (χ0v) is 12.8. The van der Waals surface area contributed by atoms with Gasteiger partial charge in [-0.15, -0.1) is 34.8 Å². The molecule has 0 N–H and O–H groups in total. The van der Waals surface area contributed by atoms with Crippen LogP contribution in [0, 0.1) is 0 Å². The van der Waals surface area contributed by atoms with Crippen molar-refractivity contribution < 1.29 is 13.6 Å². The van der Waals surface area contributed by atoms with Crippen LogP contribution in [0.3, 0.4) is 0 Å². The van der Waals surface area contributed by atoms with E-state index in [1.165, 1.54) is 0 Å². The lowest BCUT2D eigenvalue weighted by Crippen LogP contribution is -2.16. The zero-order chi connectivity index (χ0) is 12.6. The van der Waals surface area contributed by atoms with Crippen LogP contribution in [0.2, 0.25) is 0 Å². The van der Waals surface area contributed by atoms with E-state index in [9.17, 15) is 0 Å². The lowest BCUT2D eigenvalue weighted by molar-refractivity contribution is 0.0970. The van der Waals surface area contributed by atoms with Gasteiger partial charge in [-0.25, -0.2) is 0 Å². The first-order valence-corrected chi connectivity index (χ1v) is 7.71. The van der Waals surface area contributed by atoms with E-state index in [-0.39, 0.29) is 18.3 Å². The molecule has 3 atom stereocenters. The van der Waals surface area contributed by atoms with E-state index in [0.29, 0.717) is 17.6 Å². The zero-order valence-electron chi connectivity index (χ0n) is 9.66. The quantitative estimate of drug-likeness (QED) is 0.473. The summed E-state index contributed by atoms with van der Waals surface area (Å²) in [7, 11) is -1.45. The second-order valence-electron chi connectivity index (χ2n) is 3.43. The minimum Gasteiger partial charge on any atom is -0.308 e. The normalized spacial score (nSPS) is 19.1. The summed E-state index contributed by atoms with van der Waals surface area (Å²) in [5, 5.41) is 0. The topological polar surface area (TPSA) is 27.7 Å². The van der Waals surface area contributed by atoms with Crippen molar-refractivity contribution in [3.63, 3.8) is 0 Å². The van der Waals surface area contributed by atoms with E-state index in [1.54, 1.807) is 0 Å². The highest BCUT2D eigenvalue weighted by Gasteiger charge is 2.21. The van der Waals surface area contributed by atoms with Gasteiger partial charge in [0.15, 0.2) is 0 Å². The summed E-state index contributed by atoms with van der Waals surface area (Å²) in [5.74, 6) is 1.15. The Morgan fingerprint density at radius 1 is 0.750 bits per heavy atom. The highest BCUT2D eigenvalue weighted by Crippen LogP contribution is 2.44. The van der Waals surface area contributed by atoms with Crippen molar-refractivity contribution in [2.75, 3.05) is 17.6 Å². The lowest BCUT2D eigenvalue weighted by Gasteiger charge is -2.24. The third-order valence-electron chi connectivity index (χ3n) is 1.45. The maximum Gasteiger partial charge on any atom is 0.333 e. The Labute approximate surface area is 114 Å². The molecule has 0 saturated carbocycles. The fourth-order valence-electron chi connectivity index (χ4n) is 0.600. The highest BCUT2D eigenvalue weighted by molar-refractivity contribution is 7.41. The Kier molecular flexibility index (Phi) is 10.9. The molecule has 0 aromatic carbocycles. The smallest absolute Gasteiger partial charge is 0.308 e. The van der Waals surface area contributed by atoms with Crippen LogP contribution in [0.5, 0.6) is 0 Å². The summed E-state index contributed by atoms with van der Waals surface area (Å²) in [6.45, 7) is 5.56. The number of hydrogen-bond acceptors (Lipinski definition) is 3. The fraction of sp³-hybridized carbons (Fsp3) is 1.00. The van der Waals surface area contributed by atoms with Crippen molar-refractivity contribution in [3.8, 4) is 0 Å². The molecule has 0 saturated heterocycles. The Balaban J connectivity index is 4.15. The SMILES string of the molecule is CC(CCl)OP(OC(C)CCl)OC(C)CCl. The van der Waals surface area contributed by atoms with Gasteiger partial charge in [0.05, 0.1) is 18.3 Å². The molecule has 0 heterocycles. The molecule has 0 bridgehead atoms. The molecule has 7 heteroatoms. The lowest BCUT2D eigenvalue weighted by atomic mass is 10.5. The summed E-state index contributed by atoms with van der Waals surface area (Å²) in [4.78, 5) is 0. The van der Waals surface area contributed by atoms with Gasteiger partial charge in [-0.3, -0.25) is 0 Å². The summed E-state index contributed by atoms with van der Waals surface area (Å²) in [5.41, 5.74) is 0. The van der Waals surface area contributed by atoms with Crippen molar-refractivity contribution in [2.45, 2.75) is 39.1 Å². The molecule has 0 aliphatic rings. The maximum absolute atomic E-state index is 5.66. The van der Waals surface area contributed by atoms with Gasteiger partial charge in [0.2, 0.25) is 0 Å². The Hall–Kier alpha value is 1.18. The molecular weight excluding hydrogens is 293 g/mol. The van der Waals surface area contributed by atoms with Gasteiger partial charge in [0.25, 0.3) is 0 Å². The molecule has 0 aliphatic carbocycles. The van der Waals surface area contributed by atoms with Crippen LogP contribution in [0.15, 0.2) is 0 Å². The molecule has 0 rings (SSSR count). The molecule has 3 unspecified atom stereocenters. The van der Waals surface area contributed by atoms with Crippen LogP contribution in [0.25, 0.3) is 0 Å². The van der Waals surface area contributed by atoms with E-state index >= 15 is 0 Å². The van der Waals surface area contributed by atoms with Crippen LogP contribution in [0.1, 0.15) is 20.8 Å². The van der Waals surface area contributed by atoms with E-state index < -0.39 is 8.60 Å². The second kappa shape index (κ2) is 10.1. The second-order valence-corrected chi connectivity index (χ2v) is 5.44. The third-order valence-corrected chi connectivity index (χ3v) is 4.35. The van der Waals surface area contributed by atoms with Crippen molar-refractivity contribution in [1.82, 2.24) is 0 Å². The number of halogens is 3.